The quantitative estimate of drug-likeness (QED) is 0.664. The molecule has 0 saturated carbocycles. The number of carbonyl (C=O) groups excluding carboxylic acids is 2. The van der Waals surface area contributed by atoms with Crippen LogP contribution in [-0.4, -0.2) is 23.8 Å². The highest BCUT2D eigenvalue weighted by atomic mass is 16.5. The van der Waals surface area contributed by atoms with Gasteiger partial charge in [-0.05, 0) is 30.5 Å². The van der Waals surface area contributed by atoms with E-state index in [2.05, 4.69) is 0 Å². The number of amides is 2. The minimum Gasteiger partial charge on any atom is -0.495 e. The van der Waals surface area contributed by atoms with E-state index in [1.807, 2.05) is 6.07 Å². The van der Waals surface area contributed by atoms with Crippen LogP contribution < -0.4 is 10.5 Å². The Bertz CT molecular complexity index is 481. The Kier molecular flexibility index (Phi) is 4.04. The molecule has 2 amide bonds. The Hall–Kier alpha value is -2.04. The average molecular weight is 262 g/mol. The first-order valence-electron chi connectivity index (χ1n) is 6.37. The van der Waals surface area contributed by atoms with Crippen LogP contribution in [0.3, 0.4) is 0 Å². The fourth-order valence-electron chi connectivity index (χ4n) is 2.20. The highest BCUT2D eigenvalue weighted by Gasteiger charge is 2.24. The van der Waals surface area contributed by atoms with Crippen LogP contribution in [0.5, 0.6) is 5.75 Å². The molecule has 1 aromatic rings. The van der Waals surface area contributed by atoms with Gasteiger partial charge in [-0.25, -0.2) is 0 Å². The summed E-state index contributed by atoms with van der Waals surface area (Å²) in [6, 6.07) is 5.31. The van der Waals surface area contributed by atoms with E-state index in [9.17, 15) is 9.59 Å². The van der Waals surface area contributed by atoms with Gasteiger partial charge < -0.3 is 10.5 Å². The van der Waals surface area contributed by atoms with Gasteiger partial charge in [0.05, 0.1) is 19.3 Å². The largest absolute Gasteiger partial charge is 0.495 e. The van der Waals surface area contributed by atoms with Gasteiger partial charge >= 0.3 is 0 Å². The van der Waals surface area contributed by atoms with Crippen molar-refractivity contribution in [3.8, 4) is 5.75 Å². The van der Waals surface area contributed by atoms with Gasteiger partial charge in [-0.1, -0.05) is 6.07 Å². The zero-order valence-corrected chi connectivity index (χ0v) is 11.0. The second kappa shape index (κ2) is 5.73. The van der Waals surface area contributed by atoms with E-state index in [0.717, 1.165) is 18.4 Å². The molecule has 19 heavy (non-hydrogen) atoms. The second-order valence-corrected chi connectivity index (χ2v) is 4.66. The molecule has 0 unspecified atom stereocenters. The predicted octanol–water partition coefficient (Wildman–Crippen LogP) is 1.71. The van der Waals surface area contributed by atoms with Crippen LogP contribution in [0.2, 0.25) is 0 Å². The average Bonchev–Trinajstić information content (AvgIpc) is 2.54. The smallest absolute Gasteiger partial charge is 0.229 e. The number of likely N-dealkylation sites (tertiary alicyclic amines) is 1. The molecule has 102 valence electrons. The van der Waals surface area contributed by atoms with Gasteiger partial charge in [0.2, 0.25) is 11.8 Å². The zero-order valence-electron chi connectivity index (χ0n) is 11.0. The minimum absolute atomic E-state index is 0.100. The summed E-state index contributed by atoms with van der Waals surface area (Å²) in [5.74, 6) is 0.394. The van der Waals surface area contributed by atoms with Gasteiger partial charge in [-0.2, -0.15) is 0 Å². The third-order valence-corrected chi connectivity index (χ3v) is 3.27. The standard InChI is InChI=1S/C14H18N2O3/c1-19-12-7-6-10(8-11(12)15)9-16-13(17)4-2-3-5-14(16)18/h6-8H,2-5,9,15H2,1H3. The summed E-state index contributed by atoms with van der Waals surface area (Å²) >= 11 is 0. The number of nitrogens with two attached hydrogens (primary N) is 1. The van der Waals surface area contributed by atoms with Crippen molar-refractivity contribution in [3.63, 3.8) is 0 Å². The van der Waals surface area contributed by atoms with E-state index in [-0.39, 0.29) is 18.4 Å². The summed E-state index contributed by atoms with van der Waals surface area (Å²) in [6.07, 6.45) is 2.45. The van der Waals surface area contributed by atoms with Crippen molar-refractivity contribution in [3.05, 3.63) is 23.8 Å². The first-order valence-corrected chi connectivity index (χ1v) is 6.37. The van der Waals surface area contributed by atoms with Gasteiger partial charge in [0, 0.05) is 12.8 Å². The Balaban J connectivity index is 2.16. The number of anilines is 1. The molecule has 1 aromatic carbocycles. The Morgan fingerprint density at radius 1 is 1.21 bits per heavy atom. The van der Waals surface area contributed by atoms with E-state index >= 15 is 0 Å². The maximum atomic E-state index is 11.9. The normalized spacial score (nSPS) is 16.4. The number of imide groups is 1. The number of nitrogens with zero attached hydrogens (tertiary/aromatic N) is 1. The van der Waals surface area contributed by atoms with Gasteiger partial charge in [0.1, 0.15) is 5.75 Å². The SMILES string of the molecule is COc1ccc(CN2C(=O)CCCCC2=O)cc1N. The van der Waals surface area contributed by atoms with E-state index < -0.39 is 0 Å². The van der Waals surface area contributed by atoms with Crippen LogP contribution in [0.15, 0.2) is 18.2 Å². The first kappa shape index (κ1) is 13.4. The molecule has 1 heterocycles. The summed E-state index contributed by atoms with van der Waals surface area (Å²) in [7, 11) is 1.55. The first-order chi connectivity index (χ1) is 9.11. The van der Waals surface area contributed by atoms with Crippen molar-refractivity contribution in [1.29, 1.82) is 0 Å². The number of methoxy groups -OCH3 is 1. The molecule has 5 heteroatoms. The number of hydrogen-bond donors (Lipinski definition) is 1. The summed E-state index contributed by atoms with van der Waals surface area (Å²) in [5, 5.41) is 0. The second-order valence-electron chi connectivity index (χ2n) is 4.66. The predicted molar refractivity (Wildman–Crippen MR) is 71.4 cm³/mol. The number of hydrogen-bond acceptors (Lipinski definition) is 4. The van der Waals surface area contributed by atoms with Crippen LogP contribution in [-0.2, 0) is 16.1 Å². The molecule has 0 radical (unpaired) electrons. The molecule has 0 spiro atoms. The Morgan fingerprint density at radius 2 is 1.84 bits per heavy atom. The highest BCUT2D eigenvalue weighted by Crippen LogP contribution is 2.23. The minimum atomic E-state index is -0.100. The molecule has 1 saturated heterocycles. The van der Waals surface area contributed by atoms with Crippen LogP contribution in [0, 0.1) is 0 Å². The molecule has 0 atom stereocenters. The molecule has 0 bridgehead atoms. The van der Waals surface area contributed by atoms with Gasteiger partial charge in [-0.15, -0.1) is 0 Å². The van der Waals surface area contributed by atoms with Crippen molar-refractivity contribution < 1.29 is 14.3 Å². The summed E-state index contributed by atoms with van der Waals surface area (Å²) in [6.45, 7) is 0.284. The lowest BCUT2D eigenvalue weighted by Gasteiger charge is -2.19. The van der Waals surface area contributed by atoms with Gasteiger partial charge in [-0.3, -0.25) is 14.5 Å². The summed E-state index contributed by atoms with van der Waals surface area (Å²) < 4.78 is 5.08. The molecule has 1 aliphatic heterocycles. The number of carbonyl (C=O) groups is 2. The van der Waals surface area contributed by atoms with Gasteiger partial charge in [0.25, 0.3) is 0 Å². The fraction of sp³-hybridized carbons (Fsp3) is 0.429. The van der Waals surface area contributed by atoms with E-state index in [4.69, 9.17) is 10.5 Å². The molecule has 2 rings (SSSR count). The van der Waals surface area contributed by atoms with E-state index in [0.29, 0.717) is 24.3 Å². The lowest BCUT2D eigenvalue weighted by molar-refractivity contribution is -0.144. The summed E-state index contributed by atoms with van der Waals surface area (Å²) in [5.41, 5.74) is 7.17. The van der Waals surface area contributed by atoms with Crippen molar-refractivity contribution in [2.75, 3.05) is 12.8 Å². The molecule has 2 N–H and O–H groups in total. The zero-order chi connectivity index (χ0) is 13.8. The molecule has 1 fully saturated rings. The maximum absolute atomic E-state index is 11.9. The van der Waals surface area contributed by atoms with Crippen LogP contribution >= 0.6 is 0 Å². The highest BCUT2D eigenvalue weighted by molar-refractivity contribution is 5.95. The maximum Gasteiger partial charge on any atom is 0.229 e. The lowest BCUT2D eigenvalue weighted by Crippen LogP contribution is -2.34. The lowest BCUT2D eigenvalue weighted by atomic mass is 10.1. The molecule has 0 aromatic heterocycles. The number of ether oxygens (including phenoxy) is 1. The molecular formula is C14H18N2O3. The molecule has 1 aliphatic rings. The van der Waals surface area contributed by atoms with E-state index in [1.165, 1.54) is 4.90 Å². The van der Waals surface area contributed by atoms with Crippen LogP contribution in [0.25, 0.3) is 0 Å². The van der Waals surface area contributed by atoms with Crippen molar-refractivity contribution in [2.24, 2.45) is 0 Å². The summed E-state index contributed by atoms with van der Waals surface area (Å²) in [4.78, 5) is 25.1. The monoisotopic (exact) mass is 262 g/mol. The third-order valence-electron chi connectivity index (χ3n) is 3.27. The fourth-order valence-corrected chi connectivity index (χ4v) is 2.20. The van der Waals surface area contributed by atoms with Crippen molar-refractivity contribution in [1.82, 2.24) is 4.90 Å². The molecule has 5 nitrogen and oxygen atoms in total. The topological polar surface area (TPSA) is 72.6 Å². The third kappa shape index (κ3) is 3.05. The molecular weight excluding hydrogens is 244 g/mol. The van der Waals surface area contributed by atoms with Crippen molar-refractivity contribution in [2.45, 2.75) is 32.2 Å². The van der Waals surface area contributed by atoms with Crippen LogP contribution in [0.1, 0.15) is 31.2 Å². The molecule has 0 aliphatic carbocycles. The van der Waals surface area contributed by atoms with Gasteiger partial charge in [0.15, 0.2) is 0 Å². The Morgan fingerprint density at radius 3 is 2.37 bits per heavy atom. The van der Waals surface area contributed by atoms with Crippen LogP contribution in [0.4, 0.5) is 5.69 Å². The number of rotatable bonds is 3. The van der Waals surface area contributed by atoms with E-state index in [1.54, 1.807) is 19.2 Å². The number of benzene rings is 1. The Labute approximate surface area is 112 Å². The number of nitrogen functional groups attached to an aromatic ring is 1. The van der Waals surface area contributed by atoms with Crippen molar-refractivity contribution >= 4 is 17.5 Å².